The van der Waals surface area contributed by atoms with Gasteiger partial charge in [0.1, 0.15) is 10.7 Å². The van der Waals surface area contributed by atoms with Crippen LogP contribution in [-0.2, 0) is 6.54 Å². The Morgan fingerprint density at radius 3 is 2.67 bits per heavy atom. The molecule has 0 radical (unpaired) electrons. The van der Waals surface area contributed by atoms with Crippen molar-refractivity contribution < 1.29 is 4.74 Å². The molecule has 0 saturated heterocycles. The highest BCUT2D eigenvalue weighted by atomic mass is 32.1. The van der Waals surface area contributed by atoms with Crippen molar-refractivity contribution in [2.45, 2.75) is 39.7 Å². The number of rotatable bonds is 7. The Kier molecular flexibility index (Phi) is 5.64. The minimum absolute atomic E-state index is 0.402. The monoisotopic (exact) mass is 306 g/mol. The number of nitrogens with one attached hydrogen (secondary N) is 1. The quantitative estimate of drug-likeness (QED) is 0.796. The van der Waals surface area contributed by atoms with Crippen LogP contribution in [0.4, 0.5) is 0 Å². The van der Waals surface area contributed by atoms with Gasteiger partial charge in [0.2, 0.25) is 5.88 Å². The number of ether oxygens (including phenoxy) is 1. The predicted molar refractivity (Wildman–Crippen MR) is 85.8 cm³/mol. The van der Waals surface area contributed by atoms with Crippen molar-refractivity contribution in [1.29, 1.82) is 0 Å². The minimum Gasteiger partial charge on any atom is -0.480 e. The average molecular weight is 306 g/mol. The van der Waals surface area contributed by atoms with Crippen LogP contribution in [0.3, 0.4) is 0 Å². The standard InChI is InChI=1S/C15H22N4OS/c1-5-8-16-9-12-14(10(2)3)17-15(21-12)11-6-7-13(20-4)19-18-11/h6-7,10,16H,5,8-9H2,1-4H3. The summed E-state index contributed by atoms with van der Waals surface area (Å²) < 4.78 is 5.04. The molecule has 0 amide bonds. The van der Waals surface area contributed by atoms with Crippen molar-refractivity contribution in [1.82, 2.24) is 20.5 Å². The number of hydrogen-bond donors (Lipinski definition) is 1. The zero-order valence-electron chi connectivity index (χ0n) is 13.0. The van der Waals surface area contributed by atoms with Gasteiger partial charge in [0.05, 0.1) is 12.8 Å². The van der Waals surface area contributed by atoms with Crippen LogP contribution in [-0.4, -0.2) is 28.8 Å². The molecule has 114 valence electrons. The summed E-state index contributed by atoms with van der Waals surface area (Å²) in [7, 11) is 1.58. The van der Waals surface area contributed by atoms with Crippen molar-refractivity contribution >= 4 is 11.3 Å². The Labute approximate surface area is 129 Å². The lowest BCUT2D eigenvalue weighted by Gasteiger charge is -2.05. The molecule has 2 rings (SSSR count). The van der Waals surface area contributed by atoms with Crippen LogP contribution in [0.1, 0.15) is 43.7 Å². The number of aromatic nitrogens is 3. The second-order valence-corrected chi connectivity index (χ2v) is 6.20. The lowest BCUT2D eigenvalue weighted by atomic mass is 10.1. The topological polar surface area (TPSA) is 59.9 Å². The minimum atomic E-state index is 0.402. The molecule has 21 heavy (non-hydrogen) atoms. The van der Waals surface area contributed by atoms with Gasteiger partial charge in [-0.3, -0.25) is 0 Å². The second-order valence-electron chi connectivity index (χ2n) is 5.12. The van der Waals surface area contributed by atoms with Gasteiger partial charge in [-0.15, -0.1) is 21.5 Å². The van der Waals surface area contributed by atoms with Gasteiger partial charge in [0.25, 0.3) is 0 Å². The lowest BCUT2D eigenvalue weighted by molar-refractivity contribution is 0.392. The molecule has 2 heterocycles. The average Bonchev–Trinajstić information content (AvgIpc) is 2.92. The zero-order chi connectivity index (χ0) is 15.2. The Morgan fingerprint density at radius 2 is 2.10 bits per heavy atom. The first-order valence-electron chi connectivity index (χ1n) is 7.24. The SMILES string of the molecule is CCCNCc1sc(-c2ccc(OC)nn2)nc1C(C)C. The third-order valence-electron chi connectivity index (χ3n) is 3.06. The van der Waals surface area contributed by atoms with Crippen LogP contribution < -0.4 is 10.1 Å². The molecule has 6 heteroatoms. The van der Waals surface area contributed by atoms with E-state index in [1.165, 1.54) is 4.88 Å². The molecule has 0 unspecified atom stereocenters. The van der Waals surface area contributed by atoms with Crippen LogP contribution >= 0.6 is 11.3 Å². The van der Waals surface area contributed by atoms with Gasteiger partial charge < -0.3 is 10.1 Å². The second kappa shape index (κ2) is 7.47. The highest BCUT2D eigenvalue weighted by Crippen LogP contribution is 2.30. The van der Waals surface area contributed by atoms with E-state index in [0.29, 0.717) is 11.8 Å². The molecule has 0 aromatic carbocycles. The van der Waals surface area contributed by atoms with Crippen molar-refractivity contribution in [3.8, 4) is 16.6 Å². The Balaban J connectivity index is 2.24. The number of thiazole rings is 1. The van der Waals surface area contributed by atoms with Crippen molar-refractivity contribution in [2.75, 3.05) is 13.7 Å². The summed E-state index contributed by atoms with van der Waals surface area (Å²) in [6.45, 7) is 8.39. The van der Waals surface area contributed by atoms with E-state index in [1.54, 1.807) is 18.4 Å². The highest BCUT2D eigenvalue weighted by Gasteiger charge is 2.16. The Hall–Kier alpha value is -1.53. The maximum atomic E-state index is 5.04. The van der Waals surface area contributed by atoms with Crippen LogP contribution in [0.5, 0.6) is 5.88 Å². The first-order chi connectivity index (χ1) is 10.2. The molecule has 0 atom stereocenters. The molecule has 0 bridgehead atoms. The molecule has 0 fully saturated rings. The molecular weight excluding hydrogens is 284 g/mol. The van der Waals surface area contributed by atoms with E-state index in [4.69, 9.17) is 9.72 Å². The van der Waals surface area contributed by atoms with E-state index < -0.39 is 0 Å². The summed E-state index contributed by atoms with van der Waals surface area (Å²) in [5.74, 6) is 0.920. The fourth-order valence-corrected chi connectivity index (χ4v) is 3.12. The summed E-state index contributed by atoms with van der Waals surface area (Å²) in [5.41, 5.74) is 1.95. The summed E-state index contributed by atoms with van der Waals surface area (Å²) >= 11 is 1.69. The molecular formula is C15H22N4OS. The Morgan fingerprint density at radius 1 is 1.29 bits per heavy atom. The van der Waals surface area contributed by atoms with Crippen molar-refractivity contribution in [2.24, 2.45) is 0 Å². The maximum absolute atomic E-state index is 5.04. The van der Waals surface area contributed by atoms with Crippen molar-refractivity contribution in [3.05, 3.63) is 22.7 Å². The molecule has 0 spiro atoms. The first kappa shape index (κ1) is 15.9. The fourth-order valence-electron chi connectivity index (χ4n) is 1.97. The van der Waals surface area contributed by atoms with Crippen LogP contribution in [0.2, 0.25) is 0 Å². The van der Waals surface area contributed by atoms with Gasteiger partial charge in [-0.05, 0) is 24.9 Å². The van der Waals surface area contributed by atoms with Gasteiger partial charge in [-0.25, -0.2) is 4.98 Å². The normalized spacial score (nSPS) is 11.1. The summed E-state index contributed by atoms with van der Waals surface area (Å²) in [6.07, 6.45) is 1.13. The first-order valence-corrected chi connectivity index (χ1v) is 8.05. The highest BCUT2D eigenvalue weighted by molar-refractivity contribution is 7.15. The molecule has 0 aliphatic rings. The van der Waals surface area contributed by atoms with Gasteiger partial charge in [0, 0.05) is 17.5 Å². The molecule has 5 nitrogen and oxygen atoms in total. The van der Waals surface area contributed by atoms with Crippen molar-refractivity contribution in [3.63, 3.8) is 0 Å². The van der Waals surface area contributed by atoms with E-state index in [2.05, 4.69) is 36.3 Å². The summed E-state index contributed by atoms with van der Waals surface area (Å²) in [4.78, 5) is 6.03. The van der Waals surface area contributed by atoms with Crippen LogP contribution in [0.15, 0.2) is 12.1 Å². The smallest absolute Gasteiger partial charge is 0.233 e. The van der Waals surface area contributed by atoms with Gasteiger partial charge in [-0.2, -0.15) is 0 Å². The maximum Gasteiger partial charge on any atom is 0.233 e. The number of hydrogen-bond acceptors (Lipinski definition) is 6. The van der Waals surface area contributed by atoms with E-state index in [0.717, 1.165) is 35.9 Å². The molecule has 0 aliphatic heterocycles. The van der Waals surface area contributed by atoms with Crippen LogP contribution in [0, 0.1) is 0 Å². The molecule has 0 aliphatic carbocycles. The fraction of sp³-hybridized carbons (Fsp3) is 0.533. The van der Waals surface area contributed by atoms with E-state index in [9.17, 15) is 0 Å². The summed E-state index contributed by atoms with van der Waals surface area (Å²) in [5, 5.41) is 12.6. The summed E-state index contributed by atoms with van der Waals surface area (Å²) in [6, 6.07) is 3.71. The lowest BCUT2D eigenvalue weighted by Crippen LogP contribution is -2.14. The van der Waals surface area contributed by atoms with Gasteiger partial charge in [0.15, 0.2) is 0 Å². The van der Waals surface area contributed by atoms with E-state index >= 15 is 0 Å². The zero-order valence-corrected chi connectivity index (χ0v) is 13.8. The van der Waals surface area contributed by atoms with Gasteiger partial charge >= 0.3 is 0 Å². The molecule has 2 aromatic rings. The van der Waals surface area contributed by atoms with E-state index in [1.807, 2.05) is 12.1 Å². The Bertz CT molecular complexity index is 566. The number of methoxy groups -OCH3 is 1. The molecule has 1 N–H and O–H groups in total. The predicted octanol–water partition coefficient (Wildman–Crippen LogP) is 3.23. The number of nitrogens with zero attached hydrogens (tertiary/aromatic N) is 3. The van der Waals surface area contributed by atoms with E-state index in [-0.39, 0.29) is 0 Å². The molecule has 2 aromatic heterocycles. The third-order valence-corrected chi connectivity index (χ3v) is 4.15. The van der Waals surface area contributed by atoms with Crippen LogP contribution in [0.25, 0.3) is 10.7 Å². The van der Waals surface area contributed by atoms with Gasteiger partial charge in [-0.1, -0.05) is 20.8 Å². The third kappa shape index (κ3) is 3.98. The molecule has 0 saturated carbocycles. The largest absolute Gasteiger partial charge is 0.480 e.